The summed E-state index contributed by atoms with van der Waals surface area (Å²) in [5, 5.41) is 0. The molecule has 0 fully saturated rings. The highest BCUT2D eigenvalue weighted by molar-refractivity contribution is 5.66. The molecule has 0 bridgehead atoms. The Morgan fingerprint density at radius 2 is 1.73 bits per heavy atom. The first-order valence-corrected chi connectivity index (χ1v) is 4.22. The average Bonchev–Trinajstić information content (AvgIpc) is 2.23. The molecular weight excluding hydrogens is 192 g/mol. The molecule has 0 aliphatic rings. The standard InChI is InChI=1S/C11H8N2O2/c1-2-4-9-10(12-7-14)5-3-6-11(9)13-8-15/h2-3,5-6H,1,4H2. The Bertz CT molecular complexity index is 431. The fourth-order valence-electron chi connectivity index (χ4n) is 1.22. The smallest absolute Gasteiger partial charge is 0.211 e. The van der Waals surface area contributed by atoms with E-state index < -0.39 is 0 Å². The molecule has 0 aromatic heterocycles. The van der Waals surface area contributed by atoms with E-state index >= 15 is 0 Å². The number of rotatable bonds is 4. The van der Waals surface area contributed by atoms with Crippen molar-refractivity contribution >= 4 is 23.5 Å². The Balaban J connectivity index is 3.38. The van der Waals surface area contributed by atoms with Gasteiger partial charge in [-0.3, -0.25) is 0 Å². The van der Waals surface area contributed by atoms with Crippen molar-refractivity contribution in [3.8, 4) is 0 Å². The molecule has 1 aromatic rings. The zero-order valence-corrected chi connectivity index (χ0v) is 7.93. The first-order valence-electron chi connectivity index (χ1n) is 4.22. The van der Waals surface area contributed by atoms with E-state index in [2.05, 4.69) is 16.6 Å². The topological polar surface area (TPSA) is 58.9 Å². The van der Waals surface area contributed by atoms with E-state index in [-0.39, 0.29) is 0 Å². The molecule has 4 heteroatoms. The van der Waals surface area contributed by atoms with Gasteiger partial charge in [-0.25, -0.2) is 9.59 Å². The molecule has 1 rings (SSSR count). The highest BCUT2D eigenvalue weighted by Gasteiger charge is 2.05. The lowest BCUT2D eigenvalue weighted by Crippen LogP contribution is -1.83. The van der Waals surface area contributed by atoms with Crippen molar-refractivity contribution in [3.05, 3.63) is 36.4 Å². The third-order valence-corrected chi connectivity index (χ3v) is 1.81. The highest BCUT2D eigenvalue weighted by Crippen LogP contribution is 2.29. The quantitative estimate of drug-likeness (QED) is 0.425. The summed E-state index contributed by atoms with van der Waals surface area (Å²) in [6, 6.07) is 4.94. The maximum atomic E-state index is 10.2. The molecular formula is C11H8N2O2. The second-order valence-corrected chi connectivity index (χ2v) is 2.67. The number of allylic oxidation sites excluding steroid dienone is 1. The van der Waals surface area contributed by atoms with E-state index in [1.165, 1.54) is 12.2 Å². The normalized spacial score (nSPS) is 8.53. The first kappa shape index (κ1) is 10.8. The van der Waals surface area contributed by atoms with E-state index in [9.17, 15) is 9.59 Å². The Morgan fingerprint density at radius 1 is 1.20 bits per heavy atom. The van der Waals surface area contributed by atoms with Crippen molar-refractivity contribution in [2.24, 2.45) is 9.98 Å². The van der Waals surface area contributed by atoms with Gasteiger partial charge in [-0.2, -0.15) is 9.98 Å². The predicted octanol–water partition coefficient (Wildman–Crippen LogP) is 2.35. The van der Waals surface area contributed by atoms with Crippen molar-refractivity contribution in [1.29, 1.82) is 0 Å². The summed E-state index contributed by atoms with van der Waals surface area (Å²) in [7, 11) is 0. The van der Waals surface area contributed by atoms with Crippen LogP contribution in [-0.2, 0) is 16.0 Å². The molecule has 1 aromatic carbocycles. The zero-order valence-electron chi connectivity index (χ0n) is 7.93. The third kappa shape index (κ3) is 2.58. The van der Waals surface area contributed by atoms with Crippen molar-refractivity contribution in [2.75, 3.05) is 0 Å². The Labute approximate surface area is 86.7 Å². The zero-order chi connectivity index (χ0) is 11.1. The molecule has 0 N–H and O–H groups in total. The highest BCUT2D eigenvalue weighted by atomic mass is 16.1. The summed E-state index contributed by atoms with van der Waals surface area (Å²) in [4.78, 5) is 27.4. The Kier molecular flexibility index (Phi) is 3.92. The van der Waals surface area contributed by atoms with Gasteiger partial charge in [0.15, 0.2) is 0 Å². The molecule has 0 amide bonds. The number of benzene rings is 1. The number of carbonyl (C=O) groups excluding carboxylic acids is 2. The molecule has 0 unspecified atom stereocenters. The van der Waals surface area contributed by atoms with Crippen LogP contribution in [0.5, 0.6) is 0 Å². The molecule has 0 aliphatic carbocycles. The van der Waals surface area contributed by atoms with E-state index in [0.717, 1.165) is 0 Å². The first-order chi connectivity index (χ1) is 7.33. The van der Waals surface area contributed by atoms with Crippen LogP contribution in [0, 0.1) is 0 Å². The van der Waals surface area contributed by atoms with E-state index in [1.807, 2.05) is 0 Å². The van der Waals surface area contributed by atoms with Gasteiger partial charge in [-0.05, 0) is 18.6 Å². The van der Waals surface area contributed by atoms with Crippen LogP contribution >= 0.6 is 0 Å². The predicted molar refractivity (Wildman–Crippen MR) is 55.9 cm³/mol. The lowest BCUT2D eigenvalue weighted by Gasteiger charge is -2.03. The van der Waals surface area contributed by atoms with Gasteiger partial charge in [0.05, 0.1) is 11.4 Å². The molecule has 74 valence electrons. The van der Waals surface area contributed by atoms with E-state index in [4.69, 9.17) is 0 Å². The number of nitrogens with zero attached hydrogens (tertiary/aromatic N) is 2. The van der Waals surface area contributed by atoms with Crippen molar-refractivity contribution in [2.45, 2.75) is 6.42 Å². The van der Waals surface area contributed by atoms with Gasteiger partial charge in [0.2, 0.25) is 12.2 Å². The van der Waals surface area contributed by atoms with Crippen LogP contribution in [0.2, 0.25) is 0 Å². The lowest BCUT2D eigenvalue weighted by molar-refractivity contribution is 0.565. The summed E-state index contributed by atoms with van der Waals surface area (Å²) in [5.41, 5.74) is 1.56. The number of hydrogen-bond donors (Lipinski definition) is 0. The summed E-state index contributed by atoms with van der Waals surface area (Å²) in [6.07, 6.45) is 5.02. The summed E-state index contributed by atoms with van der Waals surface area (Å²) in [6.45, 7) is 3.58. The molecule has 0 saturated heterocycles. The number of isocyanates is 2. The van der Waals surface area contributed by atoms with Gasteiger partial charge in [-0.15, -0.1) is 6.58 Å². The van der Waals surface area contributed by atoms with Gasteiger partial charge < -0.3 is 0 Å². The maximum Gasteiger partial charge on any atom is 0.240 e. The molecule has 0 radical (unpaired) electrons. The molecule has 0 spiro atoms. The summed E-state index contributed by atoms with van der Waals surface area (Å²) >= 11 is 0. The van der Waals surface area contributed by atoms with Crippen LogP contribution in [0.4, 0.5) is 11.4 Å². The average molecular weight is 200 g/mol. The minimum Gasteiger partial charge on any atom is -0.211 e. The van der Waals surface area contributed by atoms with Crippen molar-refractivity contribution in [3.63, 3.8) is 0 Å². The summed E-state index contributed by atoms with van der Waals surface area (Å²) < 4.78 is 0. The molecule has 0 saturated carbocycles. The van der Waals surface area contributed by atoms with Crippen molar-refractivity contribution in [1.82, 2.24) is 0 Å². The lowest BCUT2D eigenvalue weighted by atomic mass is 10.1. The number of hydrogen-bond acceptors (Lipinski definition) is 4. The third-order valence-electron chi connectivity index (χ3n) is 1.81. The fourth-order valence-corrected chi connectivity index (χ4v) is 1.22. The second kappa shape index (κ2) is 5.45. The SMILES string of the molecule is C=CCc1c(N=C=O)cccc1N=C=O. The van der Waals surface area contributed by atoms with Gasteiger partial charge in [0.1, 0.15) is 0 Å². The van der Waals surface area contributed by atoms with E-state index in [1.54, 1.807) is 24.3 Å². The van der Waals surface area contributed by atoms with Crippen molar-refractivity contribution < 1.29 is 9.59 Å². The second-order valence-electron chi connectivity index (χ2n) is 2.67. The molecule has 0 aliphatic heterocycles. The van der Waals surface area contributed by atoms with Crippen LogP contribution in [0.3, 0.4) is 0 Å². The maximum absolute atomic E-state index is 10.2. The van der Waals surface area contributed by atoms with E-state index in [0.29, 0.717) is 23.4 Å². The molecule has 15 heavy (non-hydrogen) atoms. The van der Waals surface area contributed by atoms with Gasteiger partial charge in [0, 0.05) is 5.56 Å². The molecule has 0 heterocycles. The van der Waals surface area contributed by atoms with Crippen LogP contribution in [0.25, 0.3) is 0 Å². The summed E-state index contributed by atoms with van der Waals surface area (Å²) in [5.74, 6) is 0. The fraction of sp³-hybridized carbons (Fsp3) is 0.0909. The van der Waals surface area contributed by atoms with Gasteiger partial charge in [0.25, 0.3) is 0 Å². The van der Waals surface area contributed by atoms with Gasteiger partial charge in [-0.1, -0.05) is 12.1 Å². The molecule has 0 atom stereocenters. The van der Waals surface area contributed by atoms with Crippen LogP contribution in [-0.4, -0.2) is 12.2 Å². The minimum absolute atomic E-state index is 0.446. The largest absolute Gasteiger partial charge is 0.240 e. The monoisotopic (exact) mass is 200 g/mol. The Hall–Kier alpha value is -2.28. The molecule has 4 nitrogen and oxygen atoms in total. The van der Waals surface area contributed by atoms with Crippen LogP contribution < -0.4 is 0 Å². The number of aliphatic imine (C=N–C) groups is 2. The Morgan fingerprint density at radius 3 is 2.13 bits per heavy atom. The van der Waals surface area contributed by atoms with Gasteiger partial charge >= 0.3 is 0 Å². The van der Waals surface area contributed by atoms with Crippen LogP contribution in [0.15, 0.2) is 40.8 Å². The minimum atomic E-state index is 0.446. The van der Waals surface area contributed by atoms with Crippen LogP contribution in [0.1, 0.15) is 5.56 Å².